The van der Waals surface area contributed by atoms with Crippen molar-refractivity contribution in [3.05, 3.63) is 11.6 Å². The van der Waals surface area contributed by atoms with Gasteiger partial charge in [0.1, 0.15) is 0 Å². The molecule has 0 aliphatic carbocycles. The molecule has 0 radical (unpaired) electrons. The predicted molar refractivity (Wildman–Crippen MR) is 87.1 cm³/mol. The van der Waals surface area contributed by atoms with Gasteiger partial charge >= 0.3 is 0 Å². The summed E-state index contributed by atoms with van der Waals surface area (Å²) >= 11 is 0. The molecule has 0 aliphatic rings. The van der Waals surface area contributed by atoms with E-state index in [-0.39, 0.29) is 6.10 Å². The zero-order valence-corrected chi connectivity index (χ0v) is 15.0. The van der Waals surface area contributed by atoms with Crippen LogP contribution in [0.5, 0.6) is 0 Å². The van der Waals surface area contributed by atoms with E-state index in [2.05, 4.69) is 40.8 Å². The zero-order chi connectivity index (χ0) is 15.1. The number of aliphatic hydroxyl groups excluding tert-OH is 1. The van der Waals surface area contributed by atoms with Gasteiger partial charge in [0.2, 0.25) is 0 Å². The molecular weight excluding hydrogens is 252 g/mol. The van der Waals surface area contributed by atoms with Crippen LogP contribution in [0.3, 0.4) is 0 Å². The molecule has 1 N–H and O–H groups in total. The fourth-order valence-corrected chi connectivity index (χ4v) is 2.80. The topological polar surface area (TPSA) is 29.5 Å². The van der Waals surface area contributed by atoms with Crippen LogP contribution in [0.1, 0.15) is 60.3 Å². The molecule has 3 heteroatoms. The minimum atomic E-state index is -1.57. The first kappa shape index (κ1) is 18.9. The number of rotatable bonds is 8. The molecule has 2 nitrogen and oxygen atoms in total. The first-order valence-corrected chi connectivity index (χ1v) is 10.5. The quantitative estimate of drug-likeness (QED) is 0.391. The standard InChI is InChI=1S/C16H34O2Si/c1-8-15(13-14(2)17)11-9-10-12-18-19(6,7)16(3,4)5/h13-14,17H,8-12H2,1-7H3. The second-order valence-corrected chi connectivity index (χ2v) is 11.8. The minimum Gasteiger partial charge on any atom is -0.417 e. The van der Waals surface area contributed by atoms with E-state index in [1.807, 2.05) is 13.0 Å². The SMILES string of the molecule is CCC(=CC(C)O)CCCCO[Si](C)(C)C(C)(C)C. The Morgan fingerprint density at radius 2 is 1.84 bits per heavy atom. The highest BCUT2D eigenvalue weighted by atomic mass is 28.4. The van der Waals surface area contributed by atoms with Gasteiger partial charge in [-0.15, -0.1) is 0 Å². The lowest BCUT2D eigenvalue weighted by molar-refractivity contribution is 0.242. The van der Waals surface area contributed by atoms with E-state index in [9.17, 15) is 5.11 Å². The Bertz CT molecular complexity index is 275. The van der Waals surface area contributed by atoms with E-state index in [0.717, 1.165) is 32.3 Å². The Hall–Kier alpha value is -0.123. The Balaban J connectivity index is 3.94. The van der Waals surface area contributed by atoms with Crippen LogP contribution in [0.4, 0.5) is 0 Å². The molecule has 1 atom stereocenters. The van der Waals surface area contributed by atoms with E-state index >= 15 is 0 Å². The lowest BCUT2D eigenvalue weighted by Crippen LogP contribution is -2.40. The molecule has 19 heavy (non-hydrogen) atoms. The molecule has 0 fully saturated rings. The van der Waals surface area contributed by atoms with Crippen molar-refractivity contribution in [2.24, 2.45) is 0 Å². The number of hydrogen-bond donors (Lipinski definition) is 1. The summed E-state index contributed by atoms with van der Waals surface area (Å²) in [6.45, 7) is 16.3. The Labute approximate surface area is 121 Å². The molecule has 1 unspecified atom stereocenters. The van der Waals surface area contributed by atoms with Gasteiger partial charge in [0, 0.05) is 6.61 Å². The highest BCUT2D eigenvalue weighted by Gasteiger charge is 2.36. The predicted octanol–water partition coefficient (Wildman–Crippen LogP) is 4.90. The third kappa shape index (κ3) is 7.90. The normalized spacial score (nSPS) is 15.7. The second kappa shape index (κ2) is 8.23. The molecule has 0 rings (SSSR count). The maximum atomic E-state index is 9.36. The van der Waals surface area contributed by atoms with Crippen molar-refractivity contribution >= 4 is 8.32 Å². The molecule has 114 valence electrons. The van der Waals surface area contributed by atoms with Crippen LogP contribution in [-0.4, -0.2) is 26.1 Å². The van der Waals surface area contributed by atoms with Gasteiger partial charge in [-0.25, -0.2) is 0 Å². The minimum absolute atomic E-state index is 0.299. The number of aliphatic hydroxyl groups is 1. The van der Waals surface area contributed by atoms with Crippen molar-refractivity contribution in [2.45, 2.75) is 84.5 Å². The summed E-state index contributed by atoms with van der Waals surface area (Å²) in [4.78, 5) is 0. The fraction of sp³-hybridized carbons (Fsp3) is 0.875. The fourth-order valence-electron chi connectivity index (χ4n) is 1.72. The van der Waals surface area contributed by atoms with Crippen molar-refractivity contribution < 1.29 is 9.53 Å². The van der Waals surface area contributed by atoms with Gasteiger partial charge in [-0.1, -0.05) is 39.3 Å². The third-order valence-corrected chi connectivity index (χ3v) is 8.63. The highest BCUT2D eigenvalue weighted by molar-refractivity contribution is 6.74. The molecule has 0 aromatic rings. The summed E-state index contributed by atoms with van der Waals surface area (Å²) < 4.78 is 6.16. The van der Waals surface area contributed by atoms with Crippen molar-refractivity contribution in [3.8, 4) is 0 Å². The Morgan fingerprint density at radius 1 is 1.26 bits per heavy atom. The Morgan fingerprint density at radius 3 is 2.26 bits per heavy atom. The summed E-state index contributed by atoms with van der Waals surface area (Å²) in [5, 5.41) is 9.66. The number of unbranched alkanes of at least 4 members (excludes halogenated alkanes) is 1. The van der Waals surface area contributed by atoms with Crippen LogP contribution in [-0.2, 0) is 4.43 Å². The van der Waals surface area contributed by atoms with Crippen molar-refractivity contribution in [1.29, 1.82) is 0 Å². The Kier molecular flexibility index (Phi) is 8.17. The smallest absolute Gasteiger partial charge is 0.191 e. The molecule has 0 saturated carbocycles. The molecule has 0 aliphatic heterocycles. The van der Waals surface area contributed by atoms with Gasteiger partial charge < -0.3 is 9.53 Å². The average molecular weight is 287 g/mol. The van der Waals surface area contributed by atoms with Gasteiger partial charge in [-0.05, 0) is 50.7 Å². The third-order valence-electron chi connectivity index (χ3n) is 4.09. The number of allylic oxidation sites excluding steroid dienone is 1. The zero-order valence-electron chi connectivity index (χ0n) is 14.0. The van der Waals surface area contributed by atoms with E-state index in [1.165, 1.54) is 5.57 Å². The van der Waals surface area contributed by atoms with Crippen molar-refractivity contribution in [2.75, 3.05) is 6.61 Å². The van der Waals surface area contributed by atoms with Crippen LogP contribution >= 0.6 is 0 Å². The summed E-state index contributed by atoms with van der Waals surface area (Å²) in [5.41, 5.74) is 1.36. The first-order valence-electron chi connectivity index (χ1n) is 7.61. The van der Waals surface area contributed by atoms with Crippen LogP contribution < -0.4 is 0 Å². The summed E-state index contributed by atoms with van der Waals surface area (Å²) in [5.74, 6) is 0. The molecule has 0 saturated heterocycles. The molecular formula is C16H34O2Si. The lowest BCUT2D eigenvalue weighted by atomic mass is 10.0. The van der Waals surface area contributed by atoms with Gasteiger partial charge in [0.15, 0.2) is 8.32 Å². The molecule has 0 bridgehead atoms. The number of hydrogen-bond acceptors (Lipinski definition) is 2. The summed E-state index contributed by atoms with van der Waals surface area (Å²) in [6, 6.07) is 0. The van der Waals surface area contributed by atoms with Crippen molar-refractivity contribution in [1.82, 2.24) is 0 Å². The second-order valence-electron chi connectivity index (χ2n) is 6.98. The average Bonchev–Trinajstić information content (AvgIpc) is 2.24. The van der Waals surface area contributed by atoms with Gasteiger partial charge in [0.25, 0.3) is 0 Å². The van der Waals surface area contributed by atoms with E-state index in [0.29, 0.717) is 5.04 Å². The van der Waals surface area contributed by atoms with Gasteiger partial charge in [0.05, 0.1) is 6.10 Å². The largest absolute Gasteiger partial charge is 0.417 e. The van der Waals surface area contributed by atoms with Gasteiger partial charge in [-0.3, -0.25) is 0 Å². The first-order chi connectivity index (χ1) is 8.60. The molecule has 0 aromatic heterocycles. The van der Waals surface area contributed by atoms with E-state index in [4.69, 9.17) is 4.43 Å². The highest BCUT2D eigenvalue weighted by Crippen LogP contribution is 2.36. The lowest BCUT2D eigenvalue weighted by Gasteiger charge is -2.36. The van der Waals surface area contributed by atoms with E-state index < -0.39 is 8.32 Å². The van der Waals surface area contributed by atoms with Gasteiger partial charge in [-0.2, -0.15) is 0 Å². The van der Waals surface area contributed by atoms with E-state index in [1.54, 1.807) is 0 Å². The summed E-state index contributed by atoms with van der Waals surface area (Å²) in [6.07, 6.45) is 6.05. The van der Waals surface area contributed by atoms with Crippen LogP contribution in [0, 0.1) is 0 Å². The van der Waals surface area contributed by atoms with Crippen LogP contribution in [0.25, 0.3) is 0 Å². The molecule has 0 spiro atoms. The van der Waals surface area contributed by atoms with Crippen molar-refractivity contribution in [3.63, 3.8) is 0 Å². The monoisotopic (exact) mass is 286 g/mol. The van der Waals surface area contributed by atoms with Crippen LogP contribution in [0.2, 0.25) is 18.1 Å². The molecule has 0 aromatic carbocycles. The summed E-state index contributed by atoms with van der Waals surface area (Å²) in [7, 11) is -1.57. The van der Waals surface area contributed by atoms with Crippen LogP contribution in [0.15, 0.2) is 11.6 Å². The maximum absolute atomic E-state index is 9.36. The maximum Gasteiger partial charge on any atom is 0.191 e. The molecule has 0 heterocycles. The molecule has 0 amide bonds.